The quantitative estimate of drug-likeness (QED) is 0.386. The molecule has 2 aliphatic rings. The first-order valence-corrected chi connectivity index (χ1v) is 4.62. The molecule has 0 bridgehead atoms. The molecule has 0 spiro atoms. The van der Waals surface area contributed by atoms with Crippen LogP contribution in [-0.2, 0) is 9.53 Å². The van der Waals surface area contributed by atoms with E-state index in [0.29, 0.717) is 11.8 Å². The average molecular weight is 238 g/mol. The Bertz CT molecular complexity index is 157. The highest BCUT2D eigenvalue weighted by atomic mass is 127. The minimum Gasteiger partial charge on any atom is -0.461 e. The summed E-state index contributed by atoms with van der Waals surface area (Å²) in [5.74, 6) is 0.931. The van der Waals surface area contributed by atoms with Crippen LogP contribution in [0.1, 0.15) is 6.42 Å². The van der Waals surface area contributed by atoms with Gasteiger partial charge in [-0.3, -0.25) is 4.79 Å². The molecule has 0 amide bonds. The molecular formula is C6H7IO2. The maximum Gasteiger partial charge on any atom is 0.309 e. The van der Waals surface area contributed by atoms with E-state index < -0.39 is 0 Å². The maximum atomic E-state index is 10.8. The van der Waals surface area contributed by atoms with Gasteiger partial charge in [0.1, 0.15) is 6.10 Å². The van der Waals surface area contributed by atoms with E-state index in [0.717, 1.165) is 10.8 Å². The third-order valence-corrected chi connectivity index (χ3v) is 2.91. The summed E-state index contributed by atoms with van der Waals surface area (Å²) in [5.41, 5.74) is 0. The van der Waals surface area contributed by atoms with Crippen LogP contribution in [-0.4, -0.2) is 16.5 Å². The van der Waals surface area contributed by atoms with Crippen molar-refractivity contribution in [3.63, 3.8) is 0 Å². The molecule has 0 aromatic carbocycles. The van der Waals surface area contributed by atoms with Crippen molar-refractivity contribution in [2.24, 2.45) is 11.8 Å². The van der Waals surface area contributed by atoms with Gasteiger partial charge in [-0.15, -0.1) is 0 Å². The standard InChI is InChI=1S/C6H7IO2/c7-2-5-3-1-4(3)6(8)9-5/h3-5H,1-2H2/t3-,4+,5+/m0/s1. The van der Waals surface area contributed by atoms with Crippen molar-refractivity contribution in [2.75, 3.05) is 4.43 Å². The van der Waals surface area contributed by atoms with Crippen LogP contribution in [0.2, 0.25) is 0 Å². The lowest BCUT2D eigenvalue weighted by molar-refractivity contribution is -0.144. The Kier molecular flexibility index (Phi) is 1.22. The molecular weight excluding hydrogens is 231 g/mol. The molecule has 0 radical (unpaired) electrons. The Morgan fingerprint density at radius 2 is 2.56 bits per heavy atom. The van der Waals surface area contributed by atoms with Gasteiger partial charge in [0, 0.05) is 10.3 Å². The van der Waals surface area contributed by atoms with E-state index in [1.807, 2.05) is 0 Å². The maximum absolute atomic E-state index is 10.8. The van der Waals surface area contributed by atoms with Crippen LogP contribution in [0.3, 0.4) is 0 Å². The Morgan fingerprint density at radius 1 is 1.78 bits per heavy atom. The van der Waals surface area contributed by atoms with E-state index in [-0.39, 0.29) is 12.1 Å². The van der Waals surface area contributed by atoms with Crippen LogP contribution in [0.25, 0.3) is 0 Å². The molecule has 3 atom stereocenters. The minimum absolute atomic E-state index is 0.0432. The van der Waals surface area contributed by atoms with Crippen LogP contribution in [0, 0.1) is 11.8 Å². The molecule has 1 aliphatic heterocycles. The lowest BCUT2D eigenvalue weighted by Gasteiger charge is -2.06. The first kappa shape index (κ1) is 5.95. The number of halogens is 1. The Balaban J connectivity index is 2.08. The third-order valence-electron chi connectivity index (χ3n) is 2.04. The van der Waals surface area contributed by atoms with Gasteiger partial charge in [-0.05, 0) is 6.42 Å². The fraction of sp³-hybridized carbons (Fsp3) is 0.833. The molecule has 0 unspecified atom stereocenters. The van der Waals surface area contributed by atoms with Gasteiger partial charge in [-0.2, -0.15) is 0 Å². The normalized spacial score (nSPS) is 46.3. The van der Waals surface area contributed by atoms with Gasteiger partial charge < -0.3 is 4.74 Å². The summed E-state index contributed by atoms with van der Waals surface area (Å²) in [6.07, 6.45) is 1.34. The highest BCUT2D eigenvalue weighted by Gasteiger charge is 2.56. The Morgan fingerprint density at radius 3 is 2.78 bits per heavy atom. The number of carbonyl (C=O) groups is 1. The van der Waals surface area contributed by atoms with Gasteiger partial charge in [0.05, 0.1) is 5.92 Å². The Hall–Kier alpha value is 0.200. The SMILES string of the molecule is O=C1O[C@H](CI)[C@H]2C[C@@H]12. The predicted molar refractivity (Wildman–Crippen MR) is 40.4 cm³/mol. The molecule has 0 aromatic heterocycles. The first-order valence-electron chi connectivity index (χ1n) is 3.09. The molecule has 2 fully saturated rings. The van der Waals surface area contributed by atoms with E-state index in [9.17, 15) is 4.79 Å². The second-order valence-electron chi connectivity index (χ2n) is 2.64. The summed E-state index contributed by atoms with van der Waals surface area (Å²) in [6.45, 7) is 0. The highest BCUT2D eigenvalue weighted by Crippen LogP contribution is 2.49. The van der Waals surface area contributed by atoms with E-state index in [2.05, 4.69) is 22.6 Å². The third kappa shape index (κ3) is 0.772. The van der Waals surface area contributed by atoms with Gasteiger partial charge in [0.25, 0.3) is 0 Å². The molecule has 1 saturated heterocycles. The molecule has 9 heavy (non-hydrogen) atoms. The second kappa shape index (κ2) is 1.84. The van der Waals surface area contributed by atoms with Crippen molar-refractivity contribution in [3.8, 4) is 0 Å². The number of cyclic esters (lactones) is 1. The number of ether oxygens (including phenoxy) is 1. The zero-order valence-corrected chi connectivity index (χ0v) is 7.00. The van der Waals surface area contributed by atoms with Gasteiger partial charge in [0.2, 0.25) is 0 Å². The van der Waals surface area contributed by atoms with E-state index in [4.69, 9.17) is 4.74 Å². The number of carbonyl (C=O) groups excluding carboxylic acids is 1. The summed E-state index contributed by atoms with van der Waals surface area (Å²) in [6, 6.07) is 0. The fourth-order valence-corrected chi connectivity index (χ4v) is 2.20. The van der Waals surface area contributed by atoms with Crippen LogP contribution < -0.4 is 0 Å². The van der Waals surface area contributed by atoms with Gasteiger partial charge in [-0.25, -0.2) is 0 Å². The lowest BCUT2D eigenvalue weighted by Crippen LogP contribution is -2.13. The molecule has 0 N–H and O–H groups in total. The fourth-order valence-electron chi connectivity index (χ4n) is 1.37. The van der Waals surface area contributed by atoms with Crippen molar-refractivity contribution in [3.05, 3.63) is 0 Å². The molecule has 3 heteroatoms. The van der Waals surface area contributed by atoms with Gasteiger partial charge in [0.15, 0.2) is 0 Å². The van der Waals surface area contributed by atoms with E-state index in [1.54, 1.807) is 0 Å². The molecule has 50 valence electrons. The summed E-state index contributed by atoms with van der Waals surface area (Å²) in [7, 11) is 0. The van der Waals surface area contributed by atoms with Crippen LogP contribution >= 0.6 is 22.6 Å². The average Bonchev–Trinajstić information content (AvgIpc) is 2.56. The largest absolute Gasteiger partial charge is 0.461 e. The monoisotopic (exact) mass is 238 g/mol. The molecule has 2 nitrogen and oxygen atoms in total. The Labute approximate surface area is 67.1 Å². The highest BCUT2D eigenvalue weighted by molar-refractivity contribution is 14.1. The van der Waals surface area contributed by atoms with Gasteiger partial charge in [-0.1, -0.05) is 22.6 Å². The van der Waals surface area contributed by atoms with Crippen molar-refractivity contribution in [1.29, 1.82) is 0 Å². The zero-order chi connectivity index (χ0) is 6.43. The number of alkyl halides is 1. The topological polar surface area (TPSA) is 26.3 Å². The summed E-state index contributed by atoms with van der Waals surface area (Å²) >= 11 is 2.26. The molecule has 2 rings (SSSR count). The molecule has 1 heterocycles. The van der Waals surface area contributed by atoms with Crippen molar-refractivity contribution >= 4 is 28.6 Å². The van der Waals surface area contributed by atoms with Crippen molar-refractivity contribution < 1.29 is 9.53 Å². The number of rotatable bonds is 1. The smallest absolute Gasteiger partial charge is 0.309 e. The van der Waals surface area contributed by atoms with Crippen LogP contribution in [0.4, 0.5) is 0 Å². The zero-order valence-electron chi connectivity index (χ0n) is 4.84. The minimum atomic E-state index is 0.0432. The second-order valence-corrected chi connectivity index (χ2v) is 3.52. The summed E-state index contributed by atoms with van der Waals surface area (Å²) in [5, 5.41) is 0. The van der Waals surface area contributed by atoms with Gasteiger partial charge >= 0.3 is 5.97 Å². The van der Waals surface area contributed by atoms with Crippen molar-refractivity contribution in [1.82, 2.24) is 0 Å². The van der Waals surface area contributed by atoms with E-state index >= 15 is 0 Å². The molecule has 0 aromatic rings. The van der Waals surface area contributed by atoms with Crippen molar-refractivity contribution in [2.45, 2.75) is 12.5 Å². The number of hydrogen-bond donors (Lipinski definition) is 0. The number of fused-ring (bicyclic) bond motifs is 1. The summed E-state index contributed by atoms with van der Waals surface area (Å²) in [4.78, 5) is 10.8. The van der Waals surface area contributed by atoms with Crippen LogP contribution in [0.5, 0.6) is 0 Å². The van der Waals surface area contributed by atoms with Crippen LogP contribution in [0.15, 0.2) is 0 Å². The first-order chi connectivity index (χ1) is 4.33. The number of hydrogen-bond acceptors (Lipinski definition) is 2. The molecule has 1 aliphatic carbocycles. The predicted octanol–water partition coefficient (Wildman–Crippen LogP) is 0.983. The van der Waals surface area contributed by atoms with E-state index in [1.165, 1.54) is 0 Å². The number of esters is 1. The molecule has 1 saturated carbocycles. The summed E-state index contributed by atoms with van der Waals surface area (Å²) < 4.78 is 5.99. The lowest BCUT2D eigenvalue weighted by atomic mass is 10.2.